The van der Waals surface area contributed by atoms with E-state index in [-0.39, 0.29) is 0 Å². The van der Waals surface area contributed by atoms with Crippen molar-refractivity contribution in [2.24, 2.45) is 7.05 Å². The number of aryl methyl sites for hydroxylation is 1. The fourth-order valence-corrected chi connectivity index (χ4v) is 2.51. The first-order chi connectivity index (χ1) is 7.77. The normalized spacial score (nSPS) is 16.2. The highest BCUT2D eigenvalue weighted by Crippen LogP contribution is 2.30. The van der Waals surface area contributed by atoms with Gasteiger partial charge >= 0.3 is 0 Å². The maximum Gasteiger partial charge on any atom is 0.158 e. The summed E-state index contributed by atoms with van der Waals surface area (Å²) >= 11 is 0. The fraction of sp³-hybridized carbons (Fsp3) is 0.417. The van der Waals surface area contributed by atoms with Crippen LogP contribution < -0.4 is 10.6 Å². The molecule has 3 rings (SSSR count). The van der Waals surface area contributed by atoms with Gasteiger partial charge in [0.15, 0.2) is 5.82 Å². The van der Waals surface area contributed by atoms with Crippen molar-refractivity contribution in [3.05, 3.63) is 18.2 Å². The molecule has 2 N–H and O–H groups in total. The van der Waals surface area contributed by atoms with Crippen molar-refractivity contribution in [1.29, 1.82) is 0 Å². The van der Waals surface area contributed by atoms with Crippen LogP contribution in [0.5, 0.6) is 0 Å². The van der Waals surface area contributed by atoms with E-state index in [9.17, 15) is 0 Å². The topological polar surface area (TPSA) is 47.1 Å². The molecule has 1 saturated heterocycles. The maximum absolute atomic E-state index is 5.99. The van der Waals surface area contributed by atoms with Gasteiger partial charge in [-0.3, -0.25) is 4.68 Å². The Hall–Kier alpha value is -1.71. The van der Waals surface area contributed by atoms with Crippen LogP contribution >= 0.6 is 0 Å². The van der Waals surface area contributed by atoms with Gasteiger partial charge in [0, 0.05) is 25.5 Å². The molecule has 2 heterocycles. The number of aromatic nitrogens is 2. The number of hydrogen-bond donors (Lipinski definition) is 1. The number of nitrogen functional groups attached to an aromatic ring is 1. The molecule has 0 unspecified atom stereocenters. The van der Waals surface area contributed by atoms with Gasteiger partial charge in [-0.2, -0.15) is 5.10 Å². The third-order valence-electron chi connectivity index (χ3n) is 3.28. The van der Waals surface area contributed by atoms with Crippen molar-refractivity contribution in [2.45, 2.75) is 12.8 Å². The van der Waals surface area contributed by atoms with Crippen LogP contribution in [-0.4, -0.2) is 22.9 Å². The summed E-state index contributed by atoms with van der Waals surface area (Å²) < 4.78 is 1.89. The quantitative estimate of drug-likeness (QED) is 0.739. The van der Waals surface area contributed by atoms with Gasteiger partial charge in [0.05, 0.1) is 11.2 Å². The number of nitrogens with zero attached hydrogens (tertiary/aromatic N) is 3. The smallest absolute Gasteiger partial charge is 0.158 e. The zero-order valence-corrected chi connectivity index (χ0v) is 9.48. The second-order valence-electron chi connectivity index (χ2n) is 4.38. The number of nitrogens with two attached hydrogens (primary N) is 1. The molecule has 0 atom stereocenters. The molecule has 1 aliphatic rings. The number of fused-ring (bicyclic) bond motifs is 1. The highest BCUT2D eigenvalue weighted by Gasteiger charge is 2.19. The average molecular weight is 216 g/mol. The zero-order chi connectivity index (χ0) is 11.1. The second kappa shape index (κ2) is 3.40. The Kier molecular flexibility index (Phi) is 2.02. The minimum atomic E-state index is 0.804. The third kappa shape index (κ3) is 1.26. The highest BCUT2D eigenvalue weighted by atomic mass is 15.3. The fourth-order valence-electron chi connectivity index (χ4n) is 2.51. The van der Waals surface area contributed by atoms with Crippen LogP contribution in [0.25, 0.3) is 10.9 Å². The Balaban J connectivity index is 2.22. The molecule has 0 aliphatic carbocycles. The predicted octanol–water partition coefficient (Wildman–Crippen LogP) is 1.76. The molecule has 0 spiro atoms. The summed E-state index contributed by atoms with van der Waals surface area (Å²) in [4.78, 5) is 2.35. The molecule has 4 heteroatoms. The number of anilines is 2. The summed E-state index contributed by atoms with van der Waals surface area (Å²) in [5.41, 5.74) is 7.84. The van der Waals surface area contributed by atoms with Crippen molar-refractivity contribution in [3.8, 4) is 0 Å². The molecule has 1 aliphatic heterocycles. The number of para-hydroxylation sites is 1. The van der Waals surface area contributed by atoms with E-state index in [0.717, 1.165) is 30.1 Å². The number of hydrogen-bond acceptors (Lipinski definition) is 3. The molecule has 0 bridgehead atoms. The summed E-state index contributed by atoms with van der Waals surface area (Å²) in [6, 6.07) is 6.03. The van der Waals surface area contributed by atoms with E-state index in [4.69, 9.17) is 5.73 Å². The second-order valence-corrected chi connectivity index (χ2v) is 4.38. The standard InChI is InChI=1S/C12H16N4/c1-15-11-9(5-4-6-10(11)13)12(14-15)16-7-2-3-8-16/h4-6H,2-3,7-8,13H2,1H3. The lowest BCUT2D eigenvalue weighted by molar-refractivity contribution is 0.780. The molecule has 16 heavy (non-hydrogen) atoms. The lowest BCUT2D eigenvalue weighted by Crippen LogP contribution is -2.18. The van der Waals surface area contributed by atoms with E-state index in [1.54, 1.807) is 0 Å². The first kappa shape index (κ1) is 9.51. The van der Waals surface area contributed by atoms with Gasteiger partial charge in [0.1, 0.15) is 0 Å². The van der Waals surface area contributed by atoms with Crippen molar-refractivity contribution in [2.75, 3.05) is 23.7 Å². The summed E-state index contributed by atoms with van der Waals surface area (Å²) in [6.45, 7) is 2.22. The molecule has 0 saturated carbocycles. The lowest BCUT2D eigenvalue weighted by atomic mass is 10.2. The van der Waals surface area contributed by atoms with E-state index >= 15 is 0 Å². The van der Waals surface area contributed by atoms with Crippen molar-refractivity contribution in [1.82, 2.24) is 9.78 Å². The summed E-state index contributed by atoms with van der Waals surface area (Å²) in [7, 11) is 1.96. The predicted molar refractivity (Wildman–Crippen MR) is 66.6 cm³/mol. The molecule has 1 fully saturated rings. The molecular formula is C12H16N4. The first-order valence-corrected chi connectivity index (χ1v) is 5.73. The minimum Gasteiger partial charge on any atom is -0.397 e. The van der Waals surface area contributed by atoms with Crippen LogP contribution in [0, 0.1) is 0 Å². The monoisotopic (exact) mass is 216 g/mol. The van der Waals surface area contributed by atoms with Crippen LogP contribution in [0.3, 0.4) is 0 Å². The van der Waals surface area contributed by atoms with E-state index in [2.05, 4.69) is 16.1 Å². The molecule has 1 aromatic carbocycles. The lowest BCUT2D eigenvalue weighted by Gasteiger charge is -2.13. The minimum absolute atomic E-state index is 0.804. The van der Waals surface area contributed by atoms with Gasteiger partial charge in [-0.25, -0.2) is 0 Å². The van der Waals surface area contributed by atoms with Crippen molar-refractivity contribution < 1.29 is 0 Å². The Morgan fingerprint density at radius 3 is 2.75 bits per heavy atom. The highest BCUT2D eigenvalue weighted by molar-refractivity contribution is 5.97. The van der Waals surface area contributed by atoms with Crippen LogP contribution in [0.15, 0.2) is 18.2 Å². The zero-order valence-electron chi connectivity index (χ0n) is 9.48. The maximum atomic E-state index is 5.99. The summed E-state index contributed by atoms with van der Waals surface area (Å²) in [6.07, 6.45) is 2.53. The van der Waals surface area contributed by atoms with E-state index in [1.807, 2.05) is 23.9 Å². The van der Waals surface area contributed by atoms with Crippen molar-refractivity contribution in [3.63, 3.8) is 0 Å². The SMILES string of the molecule is Cn1nc(N2CCCC2)c2cccc(N)c21. The van der Waals surface area contributed by atoms with E-state index in [0.29, 0.717) is 0 Å². The summed E-state index contributed by atoms with van der Waals surface area (Å²) in [5, 5.41) is 5.77. The van der Waals surface area contributed by atoms with Gasteiger partial charge in [-0.1, -0.05) is 6.07 Å². The largest absolute Gasteiger partial charge is 0.397 e. The van der Waals surface area contributed by atoms with Gasteiger partial charge in [-0.05, 0) is 25.0 Å². The number of benzene rings is 1. The third-order valence-corrected chi connectivity index (χ3v) is 3.28. The first-order valence-electron chi connectivity index (χ1n) is 5.73. The van der Waals surface area contributed by atoms with Crippen molar-refractivity contribution >= 4 is 22.4 Å². The van der Waals surface area contributed by atoms with Crippen LogP contribution in [0.1, 0.15) is 12.8 Å². The van der Waals surface area contributed by atoms with Gasteiger partial charge in [0.25, 0.3) is 0 Å². The molecule has 2 aromatic rings. The average Bonchev–Trinajstić information content (AvgIpc) is 2.86. The van der Waals surface area contributed by atoms with Crippen LogP contribution in [0.2, 0.25) is 0 Å². The number of rotatable bonds is 1. The molecule has 1 aromatic heterocycles. The molecule has 84 valence electrons. The van der Waals surface area contributed by atoms with E-state index < -0.39 is 0 Å². The Morgan fingerprint density at radius 2 is 2.00 bits per heavy atom. The van der Waals surface area contributed by atoms with E-state index in [1.165, 1.54) is 18.2 Å². The molecule has 0 radical (unpaired) electrons. The van der Waals surface area contributed by atoms with Gasteiger partial charge < -0.3 is 10.6 Å². The Labute approximate surface area is 94.6 Å². The van der Waals surface area contributed by atoms with Gasteiger partial charge in [0.2, 0.25) is 0 Å². The van der Waals surface area contributed by atoms with Crippen LogP contribution in [-0.2, 0) is 7.05 Å². The molecule has 4 nitrogen and oxygen atoms in total. The molecular weight excluding hydrogens is 200 g/mol. The molecule has 0 amide bonds. The Bertz CT molecular complexity index is 523. The summed E-state index contributed by atoms with van der Waals surface area (Å²) in [5.74, 6) is 1.09. The van der Waals surface area contributed by atoms with Crippen LogP contribution in [0.4, 0.5) is 11.5 Å². The Morgan fingerprint density at radius 1 is 1.25 bits per heavy atom. The van der Waals surface area contributed by atoms with Gasteiger partial charge in [-0.15, -0.1) is 0 Å².